The number of hydrogen-bond acceptors (Lipinski definition) is 5. The molecule has 0 saturated carbocycles. The Morgan fingerprint density at radius 3 is 2.29 bits per heavy atom. The number of carbonyl (C=O) groups is 3. The zero-order valence-electron chi connectivity index (χ0n) is 18.9. The van der Waals surface area contributed by atoms with Gasteiger partial charge in [0, 0.05) is 13.0 Å². The monoisotopic (exact) mass is 462 g/mol. The zero-order valence-corrected chi connectivity index (χ0v) is 18.9. The third-order valence-corrected chi connectivity index (χ3v) is 5.92. The lowest BCUT2D eigenvalue weighted by molar-refractivity contribution is -0.139. The second kappa shape index (κ2) is 9.78. The number of carbonyl (C=O) groups excluding carboxylic acids is 2. The van der Waals surface area contributed by atoms with Crippen molar-refractivity contribution in [2.45, 2.75) is 31.7 Å². The molecule has 0 aliphatic heterocycles. The Hall–Kier alpha value is -4.14. The van der Waals surface area contributed by atoms with Gasteiger partial charge in [0.1, 0.15) is 18.3 Å². The van der Waals surface area contributed by atoms with E-state index in [4.69, 9.17) is 4.74 Å². The number of amides is 2. The number of carboxylic acids is 1. The summed E-state index contributed by atoms with van der Waals surface area (Å²) in [4.78, 5) is 36.7. The van der Waals surface area contributed by atoms with Crippen LogP contribution in [0.2, 0.25) is 0 Å². The topological polar surface area (TPSA) is 123 Å². The smallest absolute Gasteiger partial charge is 0.411 e. The molecule has 0 saturated heterocycles. The van der Waals surface area contributed by atoms with Crippen LogP contribution in [-0.4, -0.2) is 45.5 Å². The van der Waals surface area contributed by atoms with Gasteiger partial charge in [0.05, 0.1) is 11.9 Å². The first-order valence-electron chi connectivity index (χ1n) is 11.1. The van der Waals surface area contributed by atoms with Crippen LogP contribution in [0.5, 0.6) is 0 Å². The van der Waals surface area contributed by atoms with E-state index in [2.05, 4.69) is 27.9 Å². The summed E-state index contributed by atoms with van der Waals surface area (Å²) in [6.45, 7) is 1.95. The number of nitrogens with zero attached hydrogens (tertiary/aromatic N) is 2. The van der Waals surface area contributed by atoms with Crippen molar-refractivity contribution in [1.29, 1.82) is 0 Å². The molecule has 3 aromatic rings. The summed E-state index contributed by atoms with van der Waals surface area (Å²) in [6, 6.07) is 15.0. The first kappa shape index (κ1) is 23.0. The van der Waals surface area contributed by atoms with Crippen molar-refractivity contribution >= 4 is 23.7 Å². The Labute approximate surface area is 196 Å². The van der Waals surface area contributed by atoms with Gasteiger partial charge >= 0.3 is 12.1 Å². The maximum Gasteiger partial charge on any atom is 0.411 e. The number of benzene rings is 2. The van der Waals surface area contributed by atoms with Crippen LogP contribution in [0.1, 0.15) is 47.3 Å². The number of ether oxygens (including phenoxy) is 1. The van der Waals surface area contributed by atoms with Crippen LogP contribution in [0.4, 0.5) is 10.5 Å². The van der Waals surface area contributed by atoms with Gasteiger partial charge in [-0.1, -0.05) is 61.9 Å². The second-order valence-corrected chi connectivity index (χ2v) is 8.13. The molecule has 0 bridgehead atoms. The predicted molar refractivity (Wildman–Crippen MR) is 126 cm³/mol. The quantitative estimate of drug-likeness (QED) is 0.468. The van der Waals surface area contributed by atoms with E-state index >= 15 is 0 Å². The molecule has 176 valence electrons. The standard InChI is InChI=1S/C25H26N4O5/c1-3-8-20(24(31)32)27-23(30)22-21(13-26-29(22)2)28-25(33)34-14-19-17-11-6-4-9-15(17)16-10-5-7-12-18(16)19/h4-7,9-13,19-20H,3,8,14H2,1-2H3,(H,27,30)(H,28,33)(H,31,32)/t20-/m0/s1. The molecular formula is C25H26N4O5. The third kappa shape index (κ3) is 4.50. The fourth-order valence-electron chi connectivity index (χ4n) is 4.32. The van der Waals surface area contributed by atoms with Crippen LogP contribution in [0, 0.1) is 0 Å². The first-order valence-corrected chi connectivity index (χ1v) is 11.1. The number of fused-ring (bicyclic) bond motifs is 3. The molecular weight excluding hydrogens is 436 g/mol. The van der Waals surface area contributed by atoms with Gasteiger partial charge in [-0.05, 0) is 28.7 Å². The zero-order chi connectivity index (χ0) is 24.2. The van der Waals surface area contributed by atoms with E-state index in [1.54, 1.807) is 0 Å². The molecule has 1 aliphatic carbocycles. The van der Waals surface area contributed by atoms with Crippen molar-refractivity contribution in [3.8, 4) is 11.1 Å². The van der Waals surface area contributed by atoms with E-state index in [0.717, 1.165) is 22.3 Å². The van der Waals surface area contributed by atoms with Gasteiger partial charge in [0.25, 0.3) is 5.91 Å². The SMILES string of the molecule is CCC[C@H](NC(=O)c1c(NC(=O)OCC2c3ccccc3-c3ccccc32)cnn1C)C(=O)O. The van der Waals surface area contributed by atoms with Gasteiger partial charge in [-0.25, -0.2) is 9.59 Å². The fourth-order valence-corrected chi connectivity index (χ4v) is 4.32. The highest BCUT2D eigenvalue weighted by atomic mass is 16.5. The molecule has 9 heteroatoms. The minimum atomic E-state index is -1.12. The molecule has 1 atom stereocenters. The number of carboxylic acid groups (broad SMARTS) is 1. The van der Waals surface area contributed by atoms with Crippen LogP contribution in [0.3, 0.4) is 0 Å². The number of nitrogens with one attached hydrogen (secondary N) is 2. The summed E-state index contributed by atoms with van der Waals surface area (Å²) in [5, 5.41) is 18.4. The molecule has 3 N–H and O–H groups in total. The molecule has 9 nitrogen and oxygen atoms in total. The van der Waals surface area contributed by atoms with Gasteiger partial charge in [0.15, 0.2) is 0 Å². The highest BCUT2D eigenvalue weighted by molar-refractivity contribution is 6.02. The Kier molecular flexibility index (Phi) is 6.62. The first-order chi connectivity index (χ1) is 16.4. The number of hydrogen-bond donors (Lipinski definition) is 3. The van der Waals surface area contributed by atoms with Crippen molar-refractivity contribution < 1.29 is 24.2 Å². The summed E-state index contributed by atoms with van der Waals surface area (Å²) < 4.78 is 6.81. The Balaban J connectivity index is 1.45. The molecule has 2 amide bonds. The van der Waals surface area contributed by atoms with Gasteiger partial charge in [-0.3, -0.25) is 14.8 Å². The van der Waals surface area contributed by atoms with Gasteiger partial charge < -0.3 is 15.2 Å². The molecule has 0 fully saturated rings. The van der Waals surface area contributed by atoms with E-state index in [-0.39, 0.29) is 30.3 Å². The van der Waals surface area contributed by atoms with E-state index in [0.29, 0.717) is 6.42 Å². The van der Waals surface area contributed by atoms with Crippen LogP contribution in [-0.2, 0) is 16.6 Å². The maximum atomic E-state index is 12.7. The van der Waals surface area contributed by atoms with Crippen molar-refractivity contribution in [3.63, 3.8) is 0 Å². The number of anilines is 1. The molecule has 34 heavy (non-hydrogen) atoms. The highest BCUT2D eigenvalue weighted by Crippen LogP contribution is 2.44. The van der Waals surface area contributed by atoms with Crippen LogP contribution in [0.25, 0.3) is 11.1 Å². The van der Waals surface area contributed by atoms with Gasteiger partial charge in [0.2, 0.25) is 0 Å². The second-order valence-electron chi connectivity index (χ2n) is 8.13. The van der Waals surface area contributed by atoms with E-state index in [1.807, 2.05) is 43.3 Å². The third-order valence-electron chi connectivity index (χ3n) is 5.92. The minimum absolute atomic E-state index is 0.0378. The lowest BCUT2D eigenvalue weighted by Crippen LogP contribution is -2.41. The van der Waals surface area contributed by atoms with Gasteiger partial charge in [-0.2, -0.15) is 5.10 Å². The number of rotatable bonds is 8. The summed E-state index contributed by atoms with van der Waals surface area (Å²) in [5.74, 6) is -1.86. The lowest BCUT2D eigenvalue weighted by atomic mass is 9.98. The van der Waals surface area contributed by atoms with Crippen LogP contribution >= 0.6 is 0 Å². The summed E-state index contributed by atoms with van der Waals surface area (Å²) in [7, 11) is 1.54. The summed E-state index contributed by atoms with van der Waals surface area (Å²) in [5.41, 5.74) is 4.60. The van der Waals surface area contributed by atoms with E-state index in [1.165, 1.54) is 17.9 Å². The minimum Gasteiger partial charge on any atom is -0.480 e. The van der Waals surface area contributed by atoms with Crippen molar-refractivity contribution in [2.24, 2.45) is 7.05 Å². The Morgan fingerprint density at radius 2 is 1.71 bits per heavy atom. The molecule has 1 heterocycles. The molecule has 1 aliphatic rings. The molecule has 0 radical (unpaired) electrons. The Bertz CT molecular complexity index is 1190. The van der Waals surface area contributed by atoms with Gasteiger partial charge in [-0.15, -0.1) is 0 Å². The van der Waals surface area contributed by atoms with Crippen molar-refractivity contribution in [1.82, 2.24) is 15.1 Å². The average molecular weight is 463 g/mol. The largest absolute Gasteiger partial charge is 0.480 e. The normalized spacial score (nSPS) is 13.0. The van der Waals surface area contributed by atoms with Crippen molar-refractivity contribution in [2.75, 3.05) is 11.9 Å². The molecule has 0 unspecified atom stereocenters. The summed E-state index contributed by atoms with van der Waals surface area (Å²) in [6.07, 6.45) is 1.47. The molecule has 1 aromatic heterocycles. The van der Waals surface area contributed by atoms with E-state index < -0.39 is 24.0 Å². The molecule has 0 spiro atoms. The average Bonchev–Trinajstić information content (AvgIpc) is 3.34. The van der Waals surface area contributed by atoms with Crippen molar-refractivity contribution in [3.05, 3.63) is 71.5 Å². The predicted octanol–water partition coefficient (Wildman–Crippen LogP) is 3.76. The maximum absolute atomic E-state index is 12.7. The summed E-state index contributed by atoms with van der Waals surface area (Å²) >= 11 is 0. The molecule has 4 rings (SSSR count). The van der Waals surface area contributed by atoms with E-state index in [9.17, 15) is 19.5 Å². The lowest BCUT2D eigenvalue weighted by Gasteiger charge is -2.16. The highest BCUT2D eigenvalue weighted by Gasteiger charge is 2.29. The molecule has 2 aromatic carbocycles. The number of aliphatic carboxylic acids is 1. The number of aromatic nitrogens is 2. The Morgan fingerprint density at radius 1 is 1.09 bits per heavy atom. The van der Waals surface area contributed by atoms with Crippen LogP contribution in [0.15, 0.2) is 54.7 Å². The fraction of sp³-hybridized carbons (Fsp3) is 0.280. The number of aryl methyl sites for hydroxylation is 1. The van der Waals surface area contributed by atoms with Crippen LogP contribution < -0.4 is 10.6 Å².